The first-order chi connectivity index (χ1) is 25.2. The average molecular weight is 746 g/mol. The number of likely N-dealkylation sites (tertiary alicyclic amines) is 1. The van der Waals surface area contributed by atoms with Crippen LogP contribution in [-0.2, 0) is 42.8 Å². The van der Waals surface area contributed by atoms with Gasteiger partial charge >= 0.3 is 23.9 Å². The molecule has 1 aromatic carbocycles. The fraction of sp³-hybridized carbons (Fsp3) is 0.676. The Balaban J connectivity index is 1.50. The molecule has 16 nitrogen and oxygen atoms in total. The van der Waals surface area contributed by atoms with E-state index < -0.39 is 112 Å². The van der Waals surface area contributed by atoms with Crippen LogP contribution in [0.25, 0.3) is 0 Å². The molecule has 15 atom stereocenters. The van der Waals surface area contributed by atoms with Crippen molar-refractivity contribution in [2.75, 3.05) is 48.6 Å². The van der Waals surface area contributed by atoms with Crippen LogP contribution in [0.2, 0.25) is 0 Å². The standard InChI is InChI=1S/C37H47NO15/c1-38-15-34(16-48-2)12-11-20(49-3)36-19-14-35(47)29(52-33(46)17-9-7-6-8-10-17)22(19)37(28(41)30(35)51-5,23(27(36)38)25(50-4)26(34)36)53-21(39)13-18(31(42)43)24(40)32(44)45/h6-10,13,19-20,22-30,40-41,47H,11-12,14-16H2,1-5H3,(H,42,43)(H,44,45)/b18-13+/t19-,20+,22-,23+,24-,25+,26-,27?,28+,29-,30+,34+,35-,36+,37-/m1/s1. The first kappa shape index (κ1) is 37.8. The van der Waals surface area contributed by atoms with Gasteiger partial charge in [-0.2, -0.15) is 0 Å². The molecule has 0 amide bonds. The topological polar surface area (TPSA) is 228 Å². The van der Waals surface area contributed by atoms with Gasteiger partial charge in [-0.1, -0.05) is 18.2 Å². The second-order valence-electron chi connectivity index (χ2n) is 15.7. The minimum Gasteiger partial charge on any atom is -0.479 e. The van der Waals surface area contributed by atoms with Crippen molar-refractivity contribution in [2.24, 2.45) is 34.5 Å². The third-order valence-corrected chi connectivity index (χ3v) is 13.8. The average Bonchev–Trinajstić information content (AvgIpc) is 3.52. The number of aliphatic hydroxyl groups excluding tert-OH is 2. The van der Waals surface area contributed by atoms with Crippen molar-refractivity contribution in [3.8, 4) is 0 Å². The highest BCUT2D eigenvalue weighted by atomic mass is 16.6. The van der Waals surface area contributed by atoms with Crippen LogP contribution in [0.3, 0.4) is 0 Å². The number of carboxylic acids is 2. The first-order valence-electron chi connectivity index (χ1n) is 17.7. The lowest BCUT2D eigenvalue weighted by molar-refractivity contribution is -0.315. The summed E-state index contributed by atoms with van der Waals surface area (Å²) < 4.78 is 37.3. The molecule has 6 aliphatic rings. The van der Waals surface area contributed by atoms with Crippen LogP contribution in [-0.4, -0.2) is 157 Å². The molecule has 1 spiro atoms. The maximum Gasteiger partial charge on any atom is 0.338 e. The van der Waals surface area contributed by atoms with Crippen molar-refractivity contribution < 1.29 is 73.1 Å². The fourth-order valence-corrected chi connectivity index (χ4v) is 12.7. The van der Waals surface area contributed by atoms with Crippen molar-refractivity contribution >= 4 is 23.9 Å². The highest BCUT2D eigenvalue weighted by Crippen LogP contribution is 2.80. The molecule has 1 aromatic rings. The van der Waals surface area contributed by atoms with E-state index >= 15 is 0 Å². The predicted octanol–water partition coefficient (Wildman–Crippen LogP) is -0.276. The molecule has 1 heterocycles. The van der Waals surface area contributed by atoms with E-state index in [9.17, 15) is 44.7 Å². The van der Waals surface area contributed by atoms with Gasteiger partial charge in [-0.3, -0.25) is 0 Å². The van der Waals surface area contributed by atoms with Gasteiger partial charge < -0.3 is 58.9 Å². The van der Waals surface area contributed by atoms with Crippen LogP contribution in [0.4, 0.5) is 0 Å². The van der Waals surface area contributed by atoms with E-state index in [0.717, 1.165) is 0 Å². The summed E-state index contributed by atoms with van der Waals surface area (Å²) in [5.41, 5.74) is -6.49. The number of methoxy groups -OCH3 is 4. The van der Waals surface area contributed by atoms with Gasteiger partial charge in [0.2, 0.25) is 0 Å². The number of nitrogens with zero attached hydrogens (tertiary/aromatic N) is 1. The molecule has 1 saturated heterocycles. The van der Waals surface area contributed by atoms with E-state index in [0.29, 0.717) is 32.1 Å². The lowest BCUT2D eigenvalue weighted by atomic mass is 9.43. The minimum absolute atomic E-state index is 0.0693. The van der Waals surface area contributed by atoms with Crippen molar-refractivity contribution in [2.45, 2.75) is 73.1 Å². The monoisotopic (exact) mass is 745 g/mol. The summed E-state index contributed by atoms with van der Waals surface area (Å²) in [6.07, 6.45) is -6.93. The third-order valence-electron chi connectivity index (χ3n) is 13.8. The third kappa shape index (κ3) is 4.83. The zero-order valence-corrected chi connectivity index (χ0v) is 30.1. The van der Waals surface area contributed by atoms with E-state index in [1.54, 1.807) is 44.6 Å². The zero-order chi connectivity index (χ0) is 38.4. The van der Waals surface area contributed by atoms with Crippen LogP contribution < -0.4 is 0 Å². The van der Waals surface area contributed by atoms with Gasteiger partial charge in [0.25, 0.3) is 0 Å². The second kappa shape index (κ2) is 13.1. The number of hydrogen-bond donors (Lipinski definition) is 5. The Morgan fingerprint density at radius 1 is 1.00 bits per heavy atom. The first-order valence-corrected chi connectivity index (χ1v) is 17.7. The fourth-order valence-electron chi connectivity index (χ4n) is 12.7. The summed E-state index contributed by atoms with van der Waals surface area (Å²) in [6, 6.07) is 7.59. The Bertz CT molecular complexity index is 1690. The number of hydrogen-bond acceptors (Lipinski definition) is 14. The molecule has 1 unspecified atom stereocenters. The van der Waals surface area contributed by atoms with Gasteiger partial charge in [0, 0.05) is 75.7 Å². The molecule has 16 heteroatoms. The number of aliphatic carboxylic acids is 2. The summed E-state index contributed by atoms with van der Waals surface area (Å²) in [4.78, 5) is 54.0. The highest BCUT2D eigenvalue weighted by molar-refractivity contribution is 6.01. The number of fused-ring (bicyclic) bond motifs is 2. The summed E-state index contributed by atoms with van der Waals surface area (Å²) in [6.45, 7) is 0.877. The summed E-state index contributed by atoms with van der Waals surface area (Å²) in [7, 11) is 7.96. The van der Waals surface area contributed by atoms with Crippen LogP contribution in [0, 0.1) is 34.5 Å². The maximum atomic E-state index is 14.2. The molecule has 1 aliphatic heterocycles. The summed E-state index contributed by atoms with van der Waals surface area (Å²) in [5.74, 6) is -9.07. The van der Waals surface area contributed by atoms with Crippen molar-refractivity contribution in [1.29, 1.82) is 0 Å². The molecule has 7 bridgehead atoms. The lowest BCUT2D eigenvalue weighted by Gasteiger charge is -2.69. The molecular weight excluding hydrogens is 698 g/mol. The quantitative estimate of drug-likeness (QED) is 0.137. The SMILES string of the molecule is COC[C@@]12CC[C@H](OC)[C@]34C([C@H]([C@H](OC)[C@H]13)[C@]1(OC(=O)/C=C(/C(=O)O)[C@@H](O)C(=O)O)[C@H]3[C@@H](OC(=O)c5ccccc5)[C@](O)(C[C@H]34)[C@@H](OC)[C@@H]1O)N(C)C2. The zero-order valence-electron chi connectivity index (χ0n) is 30.1. The number of carbonyl (C=O) groups is 4. The number of rotatable bonds is 12. The van der Waals surface area contributed by atoms with E-state index in [1.165, 1.54) is 14.2 Å². The largest absolute Gasteiger partial charge is 0.479 e. The van der Waals surface area contributed by atoms with Gasteiger partial charge in [-0.25, -0.2) is 19.2 Å². The molecule has 5 saturated carbocycles. The van der Waals surface area contributed by atoms with Gasteiger partial charge in [-0.15, -0.1) is 0 Å². The van der Waals surface area contributed by atoms with Gasteiger partial charge in [0.1, 0.15) is 23.9 Å². The van der Waals surface area contributed by atoms with Crippen molar-refractivity contribution in [1.82, 2.24) is 4.90 Å². The molecule has 6 fully saturated rings. The van der Waals surface area contributed by atoms with E-state index in [2.05, 4.69) is 4.90 Å². The number of piperidine rings is 1. The lowest BCUT2D eigenvalue weighted by Crippen LogP contribution is -2.80. The van der Waals surface area contributed by atoms with E-state index in [1.807, 2.05) is 7.05 Å². The van der Waals surface area contributed by atoms with E-state index in [-0.39, 0.29) is 17.9 Å². The molecule has 5 aliphatic carbocycles. The van der Waals surface area contributed by atoms with E-state index in [4.69, 9.17) is 28.4 Å². The molecule has 5 N–H and O–H groups in total. The van der Waals surface area contributed by atoms with Gasteiger partial charge in [0.15, 0.2) is 11.7 Å². The Morgan fingerprint density at radius 2 is 1.70 bits per heavy atom. The Kier molecular flexibility index (Phi) is 9.33. The number of carboxylic acid groups (broad SMARTS) is 2. The molecule has 7 rings (SSSR count). The number of esters is 2. The number of carbonyl (C=O) groups excluding carboxylic acids is 2. The Morgan fingerprint density at radius 3 is 2.28 bits per heavy atom. The maximum absolute atomic E-state index is 14.2. The molecule has 0 aromatic heterocycles. The number of ether oxygens (including phenoxy) is 6. The van der Waals surface area contributed by atoms with Crippen LogP contribution >= 0.6 is 0 Å². The van der Waals surface area contributed by atoms with Gasteiger partial charge in [0.05, 0.1) is 30.0 Å². The predicted molar refractivity (Wildman–Crippen MR) is 178 cm³/mol. The minimum atomic E-state index is -2.58. The van der Waals surface area contributed by atoms with Crippen LogP contribution in [0.15, 0.2) is 42.0 Å². The molecule has 53 heavy (non-hydrogen) atoms. The molecule has 0 radical (unpaired) electrons. The Hall–Kier alpha value is -3.48. The normalized spacial score (nSPS) is 44.3. The highest BCUT2D eigenvalue weighted by Gasteiger charge is 2.91. The van der Waals surface area contributed by atoms with Gasteiger partial charge in [-0.05, 0) is 44.4 Å². The van der Waals surface area contributed by atoms with Crippen LogP contribution in [0.5, 0.6) is 0 Å². The summed E-state index contributed by atoms with van der Waals surface area (Å²) in [5, 5.41) is 55.0. The second-order valence-corrected chi connectivity index (χ2v) is 15.7. The van der Waals surface area contributed by atoms with Crippen LogP contribution in [0.1, 0.15) is 29.6 Å². The number of aliphatic hydroxyl groups is 3. The summed E-state index contributed by atoms with van der Waals surface area (Å²) >= 11 is 0. The van der Waals surface area contributed by atoms with Crippen molar-refractivity contribution in [3.05, 3.63) is 47.5 Å². The Labute approximate surface area is 305 Å². The number of benzene rings is 1. The smallest absolute Gasteiger partial charge is 0.338 e. The molecular formula is C37H47NO15. The molecule has 290 valence electrons. The van der Waals surface area contributed by atoms with Crippen molar-refractivity contribution in [3.63, 3.8) is 0 Å².